The summed E-state index contributed by atoms with van der Waals surface area (Å²) in [6, 6.07) is 0. The summed E-state index contributed by atoms with van der Waals surface area (Å²) in [5, 5.41) is 0. The molecule has 0 rings (SSSR count). The smallest absolute Gasteiger partial charge is 0.0320 e. The van der Waals surface area contributed by atoms with Crippen LogP contribution in [-0.2, 0) is 0 Å². The lowest BCUT2D eigenvalue weighted by atomic mass is 9.97. The Morgan fingerprint density at radius 2 is 0.694 bits per heavy atom. The minimum Gasteiger partial charge on any atom is -0.103 e. The molecule has 0 aliphatic rings. The van der Waals surface area contributed by atoms with E-state index >= 15 is 0 Å². The molecule has 36 heavy (non-hydrogen) atoms. The lowest BCUT2D eigenvalue weighted by Crippen LogP contribution is -1.89. The Kier molecular flexibility index (Phi) is 31.6. The van der Waals surface area contributed by atoms with Crippen molar-refractivity contribution in [3.05, 3.63) is 37.0 Å². The van der Waals surface area contributed by atoms with Gasteiger partial charge in [-0.3, -0.25) is 0 Å². The van der Waals surface area contributed by atoms with Gasteiger partial charge in [-0.05, 0) is 64.2 Å². The van der Waals surface area contributed by atoms with Crippen LogP contribution in [0.2, 0.25) is 0 Å². The number of unbranched alkanes of at least 4 members (excludes halogenated alkanes) is 24. The predicted octanol–water partition coefficient (Wildman–Crippen LogP) is 13.6. The van der Waals surface area contributed by atoms with Crippen LogP contribution < -0.4 is 0 Å². The average Bonchev–Trinajstić information content (AvgIpc) is 2.89. The third kappa shape index (κ3) is 29.5. The molecule has 0 saturated heterocycles. The Bertz CT molecular complexity index is 457. The van der Waals surface area contributed by atoms with Crippen LogP contribution in [0.25, 0.3) is 0 Å². The van der Waals surface area contributed by atoms with Gasteiger partial charge in [0.1, 0.15) is 0 Å². The van der Waals surface area contributed by atoms with E-state index in [1.54, 1.807) is 5.57 Å². The molecule has 0 bridgehead atoms. The van der Waals surface area contributed by atoms with Crippen molar-refractivity contribution >= 4 is 0 Å². The summed E-state index contributed by atoms with van der Waals surface area (Å²) in [5.41, 5.74) is 1.80. The fourth-order valence-electron chi connectivity index (χ4n) is 5.32. The SMILES string of the molecule is C=CCCCCCCCCCCCCC(=CCCCCCCCC)CCCCCCCCCCC=C. The largest absolute Gasteiger partial charge is 0.103 e. The van der Waals surface area contributed by atoms with E-state index in [-0.39, 0.29) is 0 Å². The molecule has 0 spiro atoms. The zero-order chi connectivity index (χ0) is 26.2. The zero-order valence-electron chi connectivity index (χ0n) is 25.2. The fraction of sp³-hybridized carbons (Fsp3) is 0.833. The van der Waals surface area contributed by atoms with Crippen LogP contribution in [-0.4, -0.2) is 0 Å². The molecule has 212 valence electrons. The van der Waals surface area contributed by atoms with Gasteiger partial charge in [0, 0.05) is 0 Å². The van der Waals surface area contributed by atoms with Gasteiger partial charge in [0.15, 0.2) is 0 Å². The highest BCUT2D eigenvalue weighted by Gasteiger charge is 2.01. The van der Waals surface area contributed by atoms with Crippen LogP contribution in [0.5, 0.6) is 0 Å². The van der Waals surface area contributed by atoms with Crippen LogP contribution in [0.15, 0.2) is 37.0 Å². The predicted molar refractivity (Wildman–Crippen MR) is 168 cm³/mol. The molecule has 0 fully saturated rings. The Hall–Kier alpha value is -0.780. The average molecular weight is 501 g/mol. The summed E-state index contributed by atoms with van der Waals surface area (Å²) >= 11 is 0. The van der Waals surface area contributed by atoms with E-state index < -0.39 is 0 Å². The van der Waals surface area contributed by atoms with E-state index in [2.05, 4.69) is 38.3 Å². The van der Waals surface area contributed by atoms with Crippen molar-refractivity contribution in [3.63, 3.8) is 0 Å². The lowest BCUT2D eigenvalue weighted by Gasteiger charge is -2.09. The molecular formula is C36H68. The van der Waals surface area contributed by atoms with E-state index in [1.807, 2.05) is 0 Å². The first-order valence-corrected chi connectivity index (χ1v) is 16.7. The molecule has 0 amide bonds. The van der Waals surface area contributed by atoms with E-state index in [4.69, 9.17) is 0 Å². The third-order valence-electron chi connectivity index (χ3n) is 7.80. The van der Waals surface area contributed by atoms with Crippen LogP contribution in [0, 0.1) is 0 Å². The molecule has 0 radical (unpaired) electrons. The molecule has 0 aliphatic carbocycles. The highest BCUT2D eigenvalue weighted by atomic mass is 14.1. The van der Waals surface area contributed by atoms with Gasteiger partial charge >= 0.3 is 0 Å². The highest BCUT2D eigenvalue weighted by molar-refractivity contribution is 5.02. The van der Waals surface area contributed by atoms with Crippen LogP contribution >= 0.6 is 0 Å². The van der Waals surface area contributed by atoms with Gasteiger partial charge < -0.3 is 0 Å². The second-order valence-electron chi connectivity index (χ2n) is 11.4. The Morgan fingerprint density at radius 1 is 0.389 bits per heavy atom. The monoisotopic (exact) mass is 501 g/mol. The van der Waals surface area contributed by atoms with Crippen molar-refractivity contribution in [1.82, 2.24) is 0 Å². The van der Waals surface area contributed by atoms with Gasteiger partial charge in [-0.15, -0.1) is 13.2 Å². The van der Waals surface area contributed by atoms with E-state index in [0.717, 1.165) is 0 Å². The summed E-state index contributed by atoms with van der Waals surface area (Å²) in [6.07, 6.45) is 47.4. The summed E-state index contributed by atoms with van der Waals surface area (Å²) < 4.78 is 0. The topological polar surface area (TPSA) is 0 Å². The molecule has 0 aromatic carbocycles. The van der Waals surface area contributed by atoms with Crippen LogP contribution in [0.3, 0.4) is 0 Å². The van der Waals surface area contributed by atoms with Crippen molar-refractivity contribution in [2.24, 2.45) is 0 Å². The van der Waals surface area contributed by atoms with Crippen molar-refractivity contribution < 1.29 is 0 Å². The molecule has 0 atom stereocenters. The first-order valence-electron chi connectivity index (χ1n) is 16.7. The molecule has 0 heteroatoms. The molecule has 0 aliphatic heterocycles. The van der Waals surface area contributed by atoms with Crippen LogP contribution in [0.1, 0.15) is 193 Å². The Morgan fingerprint density at radius 3 is 1.06 bits per heavy atom. The summed E-state index contributed by atoms with van der Waals surface area (Å²) in [4.78, 5) is 0. The number of rotatable bonds is 31. The van der Waals surface area contributed by atoms with Crippen molar-refractivity contribution in [1.29, 1.82) is 0 Å². The Labute approximate surface area is 229 Å². The molecule has 0 nitrogen and oxygen atoms in total. The molecule has 0 unspecified atom stereocenters. The highest BCUT2D eigenvalue weighted by Crippen LogP contribution is 2.21. The van der Waals surface area contributed by atoms with Crippen molar-refractivity contribution in [2.75, 3.05) is 0 Å². The summed E-state index contributed by atoms with van der Waals surface area (Å²) in [6.45, 7) is 9.95. The maximum absolute atomic E-state index is 3.82. The van der Waals surface area contributed by atoms with Crippen LogP contribution in [0.4, 0.5) is 0 Å². The molecule has 0 aromatic rings. The van der Waals surface area contributed by atoms with Gasteiger partial charge in [0.05, 0.1) is 0 Å². The maximum Gasteiger partial charge on any atom is -0.0320 e. The number of hydrogen-bond acceptors (Lipinski definition) is 0. The van der Waals surface area contributed by atoms with E-state index in [9.17, 15) is 0 Å². The van der Waals surface area contributed by atoms with Gasteiger partial charge in [0.2, 0.25) is 0 Å². The van der Waals surface area contributed by atoms with Crippen molar-refractivity contribution in [2.45, 2.75) is 193 Å². The zero-order valence-corrected chi connectivity index (χ0v) is 25.2. The fourth-order valence-corrected chi connectivity index (χ4v) is 5.32. The Balaban J connectivity index is 3.91. The second-order valence-corrected chi connectivity index (χ2v) is 11.4. The lowest BCUT2D eigenvalue weighted by molar-refractivity contribution is 0.546. The maximum atomic E-state index is 3.82. The minimum absolute atomic E-state index is 1.20. The molecule has 0 saturated carbocycles. The molecule has 0 aromatic heterocycles. The summed E-state index contributed by atoms with van der Waals surface area (Å²) in [5.74, 6) is 0. The van der Waals surface area contributed by atoms with Gasteiger partial charge in [-0.2, -0.15) is 0 Å². The van der Waals surface area contributed by atoms with E-state index in [0.29, 0.717) is 0 Å². The molecule has 0 N–H and O–H groups in total. The first kappa shape index (κ1) is 35.2. The first-order chi connectivity index (χ1) is 17.8. The molecule has 0 heterocycles. The van der Waals surface area contributed by atoms with E-state index in [1.165, 1.54) is 186 Å². The standard InChI is InChI=1S/C36H68/c1-4-7-10-13-16-18-20-21-23-26-29-32-35-36(33-30-27-24-15-12-9-6-3)34-31-28-25-22-19-17-14-11-8-5-2/h4-5,33H,1-2,6-32,34-35H2,3H3. The van der Waals surface area contributed by atoms with Gasteiger partial charge in [-0.1, -0.05) is 153 Å². The van der Waals surface area contributed by atoms with Gasteiger partial charge in [0.25, 0.3) is 0 Å². The second kappa shape index (κ2) is 32.2. The quantitative estimate of drug-likeness (QED) is 0.0655. The minimum atomic E-state index is 1.20. The number of hydrogen-bond donors (Lipinski definition) is 0. The molecular weight excluding hydrogens is 432 g/mol. The summed E-state index contributed by atoms with van der Waals surface area (Å²) in [7, 11) is 0. The number of allylic oxidation sites excluding steroid dienone is 4. The van der Waals surface area contributed by atoms with Crippen molar-refractivity contribution in [3.8, 4) is 0 Å². The van der Waals surface area contributed by atoms with Gasteiger partial charge in [-0.25, -0.2) is 0 Å². The third-order valence-corrected chi connectivity index (χ3v) is 7.80. The normalized spacial score (nSPS) is 11.8.